The summed E-state index contributed by atoms with van der Waals surface area (Å²) < 4.78 is 39.9. The Kier molecular flexibility index (Phi) is 11.6. The number of carbonyl (C=O) groups excluding carboxylic acids is 2. The van der Waals surface area contributed by atoms with Crippen molar-refractivity contribution in [1.29, 1.82) is 0 Å². The molecule has 2 aromatic heterocycles. The van der Waals surface area contributed by atoms with Crippen LogP contribution in [0.5, 0.6) is 5.75 Å². The molecule has 1 aliphatic rings. The lowest BCUT2D eigenvalue weighted by Gasteiger charge is -2.27. The molecule has 0 amide bonds. The molecule has 266 valence electrons. The highest BCUT2D eigenvalue weighted by Gasteiger charge is 2.53. The Morgan fingerprint density at radius 2 is 1.74 bits per heavy atom. The number of ether oxygens (including phenoxy) is 2. The minimum absolute atomic E-state index is 0.0724. The molecule has 1 unspecified atom stereocenters. The molecule has 14 nitrogen and oxygen atoms in total. The standard InChI is InChI=1S/C35H43N6O8P/c1-5-26(6-2)48-33(44)28(17-24-13-9-7-10-14-24)40-50(45,49-27-15-11-8-12-16-27)47-21-35(20-46-32(43)23(3)4)18-25(35)19-41-22-37-29-30(41)38-34(36)39-31(29)42/h7-16,19,22-23,26,28H,5-6,17-18,20-21H2,1-4H3,(H,40,45)(H3,36,38,39,42)/b25-19-/t28-,35?,50-/m0/s1. The molecule has 15 heteroatoms. The Labute approximate surface area is 290 Å². The van der Waals surface area contributed by atoms with E-state index in [9.17, 15) is 18.9 Å². The lowest BCUT2D eigenvalue weighted by atomic mass is 10.1. The first kappa shape index (κ1) is 36.5. The van der Waals surface area contributed by atoms with Gasteiger partial charge in [-0.05, 0) is 49.0 Å². The van der Waals surface area contributed by atoms with Gasteiger partial charge in [0, 0.05) is 6.20 Å². The summed E-state index contributed by atoms with van der Waals surface area (Å²) in [5.74, 6) is -1.22. The number of nitrogens with two attached hydrogens (primary N) is 1. The topological polar surface area (TPSA) is 190 Å². The number of carbonyl (C=O) groups is 2. The number of anilines is 1. The van der Waals surface area contributed by atoms with Gasteiger partial charge in [0.2, 0.25) is 5.95 Å². The molecular weight excluding hydrogens is 663 g/mol. The average molecular weight is 707 g/mol. The van der Waals surface area contributed by atoms with E-state index in [0.29, 0.717) is 19.3 Å². The highest BCUT2D eigenvalue weighted by atomic mass is 31.2. The average Bonchev–Trinajstić information content (AvgIpc) is 3.63. The summed E-state index contributed by atoms with van der Waals surface area (Å²) in [6.07, 6.45) is 4.57. The highest BCUT2D eigenvalue weighted by Crippen LogP contribution is 2.56. The Morgan fingerprint density at radius 3 is 2.40 bits per heavy atom. The van der Waals surface area contributed by atoms with Crippen LogP contribution in [-0.2, 0) is 34.6 Å². The van der Waals surface area contributed by atoms with Crippen molar-refractivity contribution in [3.63, 3.8) is 0 Å². The van der Waals surface area contributed by atoms with E-state index in [1.165, 1.54) is 6.33 Å². The van der Waals surface area contributed by atoms with Gasteiger partial charge in [-0.3, -0.25) is 28.5 Å². The molecule has 0 bridgehead atoms. The van der Waals surface area contributed by atoms with E-state index in [0.717, 1.165) is 11.1 Å². The Bertz CT molecular complexity index is 1930. The lowest BCUT2D eigenvalue weighted by Crippen LogP contribution is -2.41. The second kappa shape index (κ2) is 15.8. The maximum atomic E-state index is 14.7. The van der Waals surface area contributed by atoms with Gasteiger partial charge in [-0.1, -0.05) is 76.2 Å². The Balaban J connectivity index is 1.47. The maximum absolute atomic E-state index is 14.7. The first-order valence-electron chi connectivity index (χ1n) is 16.6. The fourth-order valence-corrected chi connectivity index (χ4v) is 6.83. The largest absolute Gasteiger partial charge is 0.464 e. The summed E-state index contributed by atoms with van der Waals surface area (Å²) in [6, 6.07) is 16.7. The number of rotatable bonds is 17. The molecule has 1 saturated carbocycles. The van der Waals surface area contributed by atoms with Crippen molar-refractivity contribution in [3.05, 3.63) is 88.5 Å². The van der Waals surface area contributed by atoms with Crippen LogP contribution in [0.15, 0.2) is 77.4 Å². The number of nitrogen functional groups attached to an aromatic ring is 1. The van der Waals surface area contributed by atoms with Crippen LogP contribution >= 0.6 is 7.75 Å². The van der Waals surface area contributed by atoms with E-state index in [1.54, 1.807) is 54.9 Å². The van der Waals surface area contributed by atoms with Gasteiger partial charge in [0.25, 0.3) is 5.56 Å². The van der Waals surface area contributed by atoms with Crippen LogP contribution in [0.2, 0.25) is 0 Å². The third-order valence-corrected chi connectivity index (χ3v) is 9.90. The number of hydrogen-bond donors (Lipinski definition) is 3. The van der Waals surface area contributed by atoms with Gasteiger partial charge in [0.1, 0.15) is 30.8 Å². The predicted molar refractivity (Wildman–Crippen MR) is 188 cm³/mol. The molecule has 5 rings (SSSR count). The van der Waals surface area contributed by atoms with Crippen LogP contribution in [-0.4, -0.2) is 56.8 Å². The van der Waals surface area contributed by atoms with Gasteiger partial charge in [-0.25, -0.2) is 9.55 Å². The van der Waals surface area contributed by atoms with Gasteiger partial charge in [-0.2, -0.15) is 10.1 Å². The van der Waals surface area contributed by atoms with Crippen molar-refractivity contribution >= 4 is 43.0 Å². The van der Waals surface area contributed by atoms with Crippen molar-refractivity contribution in [2.45, 2.75) is 65.5 Å². The summed E-state index contributed by atoms with van der Waals surface area (Å²) in [4.78, 5) is 49.3. The van der Waals surface area contributed by atoms with Gasteiger partial charge in [0.05, 0.1) is 17.9 Å². The summed E-state index contributed by atoms with van der Waals surface area (Å²) >= 11 is 0. The van der Waals surface area contributed by atoms with E-state index in [2.05, 4.69) is 20.0 Å². The van der Waals surface area contributed by atoms with E-state index in [-0.39, 0.29) is 54.5 Å². The normalized spacial score (nSPS) is 18.2. The molecule has 4 aromatic rings. The zero-order valence-electron chi connectivity index (χ0n) is 28.5. The smallest absolute Gasteiger partial charge is 0.459 e. The zero-order valence-corrected chi connectivity index (χ0v) is 29.4. The summed E-state index contributed by atoms with van der Waals surface area (Å²) in [5, 5.41) is 2.89. The Hall–Kier alpha value is -4.78. The van der Waals surface area contributed by atoms with E-state index < -0.39 is 36.7 Å². The molecule has 2 heterocycles. The quantitative estimate of drug-likeness (QED) is 0.0955. The monoisotopic (exact) mass is 706 g/mol. The molecule has 0 spiro atoms. The van der Waals surface area contributed by atoms with Crippen LogP contribution in [0.4, 0.5) is 5.95 Å². The number of imidazole rings is 1. The second-order valence-electron chi connectivity index (χ2n) is 12.6. The van der Waals surface area contributed by atoms with E-state index >= 15 is 0 Å². The van der Waals surface area contributed by atoms with Gasteiger partial charge in [-0.15, -0.1) is 0 Å². The van der Waals surface area contributed by atoms with Gasteiger partial charge >= 0.3 is 19.7 Å². The first-order chi connectivity index (χ1) is 23.9. The lowest BCUT2D eigenvalue weighted by molar-refractivity contribution is -0.152. The van der Waals surface area contributed by atoms with Crippen LogP contribution < -0.4 is 20.9 Å². The number of nitrogens with zero attached hydrogens (tertiary/aromatic N) is 3. The fourth-order valence-electron chi connectivity index (χ4n) is 5.26. The molecule has 0 saturated heterocycles. The molecule has 2 aromatic carbocycles. The summed E-state index contributed by atoms with van der Waals surface area (Å²) in [7, 11) is -4.33. The number of para-hydroxylation sites is 1. The van der Waals surface area contributed by atoms with Crippen LogP contribution in [0, 0.1) is 11.3 Å². The number of aromatic nitrogens is 4. The van der Waals surface area contributed by atoms with Crippen LogP contribution in [0.25, 0.3) is 17.4 Å². The number of nitrogens with one attached hydrogen (secondary N) is 2. The number of esters is 2. The number of benzene rings is 2. The molecule has 4 N–H and O–H groups in total. The van der Waals surface area contributed by atoms with Crippen molar-refractivity contribution in [2.75, 3.05) is 18.9 Å². The fraction of sp³-hybridized carbons (Fsp3) is 0.400. The Morgan fingerprint density at radius 1 is 1.06 bits per heavy atom. The summed E-state index contributed by atoms with van der Waals surface area (Å²) in [6.45, 7) is 6.99. The van der Waals surface area contributed by atoms with Gasteiger partial charge < -0.3 is 19.7 Å². The van der Waals surface area contributed by atoms with Crippen LogP contribution in [0.1, 0.15) is 52.5 Å². The number of aromatic amines is 1. The van der Waals surface area contributed by atoms with Crippen LogP contribution in [0.3, 0.4) is 0 Å². The molecule has 1 fully saturated rings. The molecular formula is C35H43N6O8P. The first-order valence-corrected chi connectivity index (χ1v) is 18.1. The molecule has 1 aliphatic carbocycles. The van der Waals surface area contributed by atoms with E-state index in [1.807, 2.05) is 44.2 Å². The number of H-pyrrole nitrogens is 1. The van der Waals surface area contributed by atoms with Gasteiger partial charge in [0.15, 0.2) is 11.2 Å². The third-order valence-electron chi connectivity index (χ3n) is 8.35. The van der Waals surface area contributed by atoms with Crippen molar-refractivity contribution in [1.82, 2.24) is 24.6 Å². The highest BCUT2D eigenvalue weighted by molar-refractivity contribution is 7.52. The molecule has 0 radical (unpaired) electrons. The number of fused-ring (bicyclic) bond motifs is 1. The third kappa shape index (κ3) is 9.06. The predicted octanol–water partition coefficient (Wildman–Crippen LogP) is 5.27. The number of hydrogen-bond acceptors (Lipinski definition) is 11. The van der Waals surface area contributed by atoms with Crippen molar-refractivity contribution in [2.24, 2.45) is 11.3 Å². The SMILES string of the molecule is CCC(CC)OC(=O)[C@H](Cc1ccccc1)N[P@](=O)(OCC1(COC(=O)C(C)C)C/C1=C/n1cnc2c(=O)[nH]c(N)nc21)Oc1ccccc1. The molecule has 0 aliphatic heterocycles. The van der Waals surface area contributed by atoms with Crippen molar-refractivity contribution in [3.8, 4) is 5.75 Å². The summed E-state index contributed by atoms with van der Waals surface area (Å²) in [5.41, 5.74) is 6.26. The minimum atomic E-state index is -4.33. The van der Waals surface area contributed by atoms with Crippen molar-refractivity contribution < 1.29 is 32.7 Å². The second-order valence-corrected chi connectivity index (χ2v) is 14.3. The molecule has 3 atom stereocenters. The zero-order chi connectivity index (χ0) is 35.9. The minimum Gasteiger partial charge on any atom is -0.464 e. The molecule has 50 heavy (non-hydrogen) atoms. The van der Waals surface area contributed by atoms with E-state index in [4.69, 9.17) is 24.3 Å². The maximum Gasteiger partial charge on any atom is 0.459 e.